The molecule has 2 aromatic rings. The van der Waals surface area contributed by atoms with Crippen LogP contribution in [0.4, 0.5) is 0 Å². The number of nitrogens with zero attached hydrogens (tertiary/aromatic N) is 3. The number of amides is 1. The predicted octanol–water partition coefficient (Wildman–Crippen LogP) is 2.42. The van der Waals surface area contributed by atoms with Gasteiger partial charge >= 0.3 is 0 Å². The van der Waals surface area contributed by atoms with Crippen LogP contribution in [0, 0.1) is 0 Å². The lowest BCUT2D eigenvalue weighted by atomic mass is 10.1. The highest BCUT2D eigenvalue weighted by Crippen LogP contribution is 2.25. The van der Waals surface area contributed by atoms with Crippen LogP contribution in [0.2, 0.25) is 0 Å². The quantitative estimate of drug-likeness (QED) is 0.730. The van der Waals surface area contributed by atoms with Gasteiger partial charge in [-0.25, -0.2) is 4.98 Å². The summed E-state index contributed by atoms with van der Waals surface area (Å²) in [5.74, 6) is 1.65. The molecule has 0 aliphatic carbocycles. The first-order valence-electron chi connectivity index (χ1n) is 8.51. The zero-order valence-corrected chi connectivity index (χ0v) is 18.4. The monoisotopic (exact) mass is 448 g/mol. The van der Waals surface area contributed by atoms with E-state index in [9.17, 15) is 4.79 Å². The fraction of sp³-hybridized carbons (Fsp3) is 0.444. The first kappa shape index (κ1) is 24.5. The van der Waals surface area contributed by atoms with Crippen molar-refractivity contribution in [3.05, 3.63) is 39.8 Å². The molecule has 3 rings (SSSR count). The van der Waals surface area contributed by atoms with Gasteiger partial charge in [0.1, 0.15) is 22.2 Å². The maximum absolute atomic E-state index is 12.6. The largest absolute Gasteiger partial charge is 0.497 e. The van der Waals surface area contributed by atoms with E-state index in [-0.39, 0.29) is 30.7 Å². The molecule has 0 unspecified atom stereocenters. The smallest absolute Gasteiger partial charge is 0.273 e. The number of carbonyl (C=O) groups is 1. The third kappa shape index (κ3) is 5.71. The molecule has 0 spiro atoms. The van der Waals surface area contributed by atoms with E-state index >= 15 is 0 Å². The summed E-state index contributed by atoms with van der Waals surface area (Å²) >= 11 is 1.43. The second kappa shape index (κ2) is 11.4. The zero-order valence-electron chi connectivity index (χ0n) is 15.9. The van der Waals surface area contributed by atoms with E-state index in [0.717, 1.165) is 41.7 Å². The number of hydrogen-bond acceptors (Lipinski definition) is 7. The van der Waals surface area contributed by atoms with Gasteiger partial charge < -0.3 is 20.1 Å². The summed E-state index contributed by atoms with van der Waals surface area (Å²) in [6.45, 7) is 4.10. The predicted molar refractivity (Wildman–Crippen MR) is 115 cm³/mol. The van der Waals surface area contributed by atoms with E-state index in [0.29, 0.717) is 25.3 Å². The topological polar surface area (TPSA) is 80.9 Å². The fourth-order valence-corrected chi connectivity index (χ4v) is 3.67. The summed E-state index contributed by atoms with van der Waals surface area (Å²) in [7, 11) is 3.33. The van der Waals surface area contributed by atoms with Gasteiger partial charge in [0.25, 0.3) is 5.91 Å². The van der Waals surface area contributed by atoms with Crippen LogP contribution in [0.3, 0.4) is 0 Å². The highest BCUT2D eigenvalue weighted by Gasteiger charge is 2.24. The molecular formula is C18H26Cl2N4O3S. The second-order valence-corrected chi connectivity index (χ2v) is 7.02. The summed E-state index contributed by atoms with van der Waals surface area (Å²) in [6.07, 6.45) is 0. The van der Waals surface area contributed by atoms with Crippen LogP contribution in [0.25, 0.3) is 0 Å². The Morgan fingerprint density at radius 1 is 1.18 bits per heavy atom. The minimum Gasteiger partial charge on any atom is -0.497 e. The van der Waals surface area contributed by atoms with Crippen molar-refractivity contribution in [1.29, 1.82) is 0 Å². The van der Waals surface area contributed by atoms with Crippen LogP contribution in [0.5, 0.6) is 11.5 Å². The summed E-state index contributed by atoms with van der Waals surface area (Å²) in [5, 5.41) is 2.58. The number of methoxy groups -OCH3 is 2. The molecule has 1 fully saturated rings. The number of ether oxygens (including phenoxy) is 2. The zero-order chi connectivity index (χ0) is 18.5. The Balaban J connectivity index is 0.00000196. The van der Waals surface area contributed by atoms with Crippen molar-refractivity contribution in [2.24, 2.45) is 5.73 Å². The van der Waals surface area contributed by atoms with Gasteiger partial charge in [0.15, 0.2) is 0 Å². The average molecular weight is 449 g/mol. The molecule has 2 heterocycles. The molecule has 1 amide bonds. The Morgan fingerprint density at radius 3 is 2.46 bits per heavy atom. The van der Waals surface area contributed by atoms with Crippen molar-refractivity contribution in [2.45, 2.75) is 13.1 Å². The lowest BCUT2D eigenvalue weighted by Crippen LogP contribution is -2.48. The first-order chi connectivity index (χ1) is 12.6. The molecule has 1 aliphatic heterocycles. The van der Waals surface area contributed by atoms with Crippen molar-refractivity contribution < 1.29 is 14.3 Å². The van der Waals surface area contributed by atoms with Gasteiger partial charge in [-0.2, -0.15) is 0 Å². The molecule has 28 heavy (non-hydrogen) atoms. The molecule has 10 heteroatoms. The Labute approximate surface area is 181 Å². The SMILES string of the molecule is COc1ccc(OC)c(CN2CCN(C(=O)c3csc(CN)n3)CC2)c1.Cl.Cl. The lowest BCUT2D eigenvalue weighted by Gasteiger charge is -2.34. The number of carbonyl (C=O) groups excluding carboxylic acids is 1. The molecule has 0 radical (unpaired) electrons. The number of hydrogen-bond donors (Lipinski definition) is 1. The molecule has 0 bridgehead atoms. The Hall–Kier alpha value is -1.58. The highest BCUT2D eigenvalue weighted by atomic mass is 35.5. The van der Waals surface area contributed by atoms with Crippen LogP contribution >= 0.6 is 36.2 Å². The average Bonchev–Trinajstić information content (AvgIpc) is 3.17. The molecule has 1 saturated heterocycles. The minimum atomic E-state index is -0.0143. The van der Waals surface area contributed by atoms with E-state index in [2.05, 4.69) is 9.88 Å². The van der Waals surface area contributed by atoms with E-state index in [4.69, 9.17) is 15.2 Å². The van der Waals surface area contributed by atoms with Crippen LogP contribution in [0.1, 0.15) is 21.1 Å². The van der Waals surface area contributed by atoms with E-state index in [1.807, 2.05) is 23.1 Å². The molecular weight excluding hydrogens is 423 g/mol. The summed E-state index contributed by atoms with van der Waals surface area (Å²) in [4.78, 5) is 21.0. The highest BCUT2D eigenvalue weighted by molar-refractivity contribution is 7.09. The van der Waals surface area contributed by atoms with Gasteiger partial charge in [-0.15, -0.1) is 36.2 Å². The molecule has 0 saturated carbocycles. The van der Waals surface area contributed by atoms with Gasteiger partial charge in [0.2, 0.25) is 0 Å². The van der Waals surface area contributed by atoms with Crippen molar-refractivity contribution in [2.75, 3.05) is 40.4 Å². The molecule has 1 aromatic heterocycles. The van der Waals surface area contributed by atoms with Crippen LogP contribution in [0.15, 0.2) is 23.6 Å². The number of nitrogens with two attached hydrogens (primary N) is 1. The summed E-state index contributed by atoms with van der Waals surface area (Å²) < 4.78 is 10.8. The van der Waals surface area contributed by atoms with Crippen molar-refractivity contribution in [3.63, 3.8) is 0 Å². The van der Waals surface area contributed by atoms with E-state index in [1.54, 1.807) is 19.6 Å². The summed E-state index contributed by atoms with van der Waals surface area (Å²) in [5.41, 5.74) is 7.16. The van der Waals surface area contributed by atoms with E-state index in [1.165, 1.54) is 11.3 Å². The molecule has 7 nitrogen and oxygen atoms in total. The third-order valence-electron chi connectivity index (χ3n) is 4.49. The number of piperazine rings is 1. The van der Waals surface area contributed by atoms with Gasteiger partial charge in [0.05, 0.1) is 14.2 Å². The molecule has 1 aromatic carbocycles. The van der Waals surface area contributed by atoms with Gasteiger partial charge in [-0.1, -0.05) is 0 Å². The maximum Gasteiger partial charge on any atom is 0.273 e. The first-order valence-corrected chi connectivity index (χ1v) is 9.39. The molecule has 156 valence electrons. The van der Waals surface area contributed by atoms with Crippen LogP contribution < -0.4 is 15.2 Å². The molecule has 1 aliphatic rings. The normalized spacial score (nSPS) is 14.0. The number of rotatable bonds is 6. The number of halogens is 2. The van der Waals surface area contributed by atoms with Crippen molar-refractivity contribution in [1.82, 2.24) is 14.8 Å². The number of thiazole rings is 1. The lowest BCUT2D eigenvalue weighted by molar-refractivity contribution is 0.0622. The molecule has 2 N–H and O–H groups in total. The van der Waals surface area contributed by atoms with Crippen LogP contribution in [-0.4, -0.2) is 61.1 Å². The van der Waals surface area contributed by atoms with Gasteiger partial charge in [0, 0.05) is 50.2 Å². The molecule has 0 atom stereocenters. The van der Waals surface area contributed by atoms with Gasteiger partial charge in [-0.05, 0) is 18.2 Å². The minimum absolute atomic E-state index is 0. The Kier molecular flexibility index (Phi) is 9.98. The Bertz CT molecular complexity index is 767. The third-order valence-corrected chi connectivity index (χ3v) is 5.36. The van der Waals surface area contributed by atoms with Crippen LogP contribution in [-0.2, 0) is 13.1 Å². The van der Waals surface area contributed by atoms with Gasteiger partial charge in [-0.3, -0.25) is 9.69 Å². The Morgan fingerprint density at radius 2 is 1.89 bits per heavy atom. The summed E-state index contributed by atoms with van der Waals surface area (Å²) in [6, 6.07) is 5.81. The standard InChI is InChI=1S/C18H24N4O3S.2ClH/c1-24-14-3-4-16(25-2)13(9-14)11-21-5-7-22(8-6-21)18(23)15-12-26-17(10-19)20-15;;/h3-4,9,12H,5-8,10-11,19H2,1-2H3;2*1H. The fourth-order valence-electron chi connectivity index (χ4n) is 3.02. The number of benzene rings is 1. The van der Waals surface area contributed by atoms with Crippen molar-refractivity contribution in [3.8, 4) is 11.5 Å². The number of aromatic nitrogens is 1. The van der Waals surface area contributed by atoms with E-state index < -0.39 is 0 Å². The second-order valence-electron chi connectivity index (χ2n) is 6.08. The van der Waals surface area contributed by atoms with Crippen molar-refractivity contribution >= 4 is 42.1 Å². The maximum atomic E-state index is 12.6.